The molecular weight excluding hydrogens is 376 g/mol. The Morgan fingerprint density at radius 3 is 2.43 bits per heavy atom. The van der Waals surface area contributed by atoms with Crippen molar-refractivity contribution in [1.82, 2.24) is 14.9 Å². The highest BCUT2D eigenvalue weighted by molar-refractivity contribution is 7.89. The lowest BCUT2D eigenvalue weighted by Crippen LogP contribution is -2.42. The Labute approximate surface area is 167 Å². The lowest BCUT2D eigenvalue weighted by molar-refractivity contribution is 0.396. The third kappa shape index (κ3) is 5.97. The van der Waals surface area contributed by atoms with E-state index < -0.39 is 10.0 Å². The molecule has 0 saturated heterocycles. The summed E-state index contributed by atoms with van der Waals surface area (Å²) in [4.78, 5) is 6.47. The highest BCUT2D eigenvalue weighted by atomic mass is 32.2. The Kier molecular flexibility index (Phi) is 7.83. The number of ether oxygens (including phenoxy) is 1. The number of sulfonamides is 1. The van der Waals surface area contributed by atoms with Gasteiger partial charge in [0.2, 0.25) is 10.0 Å². The number of benzene rings is 2. The predicted molar refractivity (Wildman–Crippen MR) is 112 cm³/mol. The average Bonchev–Trinajstić information content (AvgIpc) is 2.68. The number of aliphatic imine (C=N–C) groups is 1. The molecule has 0 aliphatic rings. The molecule has 0 aromatic heterocycles. The molecule has 28 heavy (non-hydrogen) atoms. The standard InChI is InChI=1S/C20H28N4O3S/c1-16-9-11-18(12-10-16)28(25,26)23-14-13-22-20(21-2)24(3)15-17-7-5-6-8-19(17)27-4/h5-12,23H,13-15H2,1-4H3,(H,21,22). The van der Waals surface area contributed by atoms with Gasteiger partial charge in [0.1, 0.15) is 5.75 Å². The molecule has 2 N–H and O–H groups in total. The largest absolute Gasteiger partial charge is 0.496 e. The fraction of sp³-hybridized carbons (Fsp3) is 0.350. The number of hydrogen-bond donors (Lipinski definition) is 2. The Balaban J connectivity index is 1.87. The SMILES string of the molecule is CN=C(NCCNS(=O)(=O)c1ccc(C)cc1)N(C)Cc1ccccc1OC. The molecule has 0 radical (unpaired) electrons. The summed E-state index contributed by atoms with van der Waals surface area (Å²) in [5.41, 5.74) is 2.05. The van der Waals surface area contributed by atoms with Crippen LogP contribution in [0.3, 0.4) is 0 Å². The molecule has 7 nitrogen and oxygen atoms in total. The van der Waals surface area contributed by atoms with Gasteiger partial charge in [0.05, 0.1) is 12.0 Å². The van der Waals surface area contributed by atoms with Gasteiger partial charge in [-0.05, 0) is 25.1 Å². The minimum atomic E-state index is -3.52. The minimum absolute atomic E-state index is 0.248. The van der Waals surface area contributed by atoms with Crippen molar-refractivity contribution in [3.05, 3.63) is 59.7 Å². The molecule has 0 atom stereocenters. The maximum atomic E-state index is 12.3. The molecule has 8 heteroatoms. The van der Waals surface area contributed by atoms with E-state index in [1.54, 1.807) is 38.4 Å². The normalized spacial score (nSPS) is 11.9. The summed E-state index contributed by atoms with van der Waals surface area (Å²) in [6.45, 7) is 3.19. The molecular formula is C20H28N4O3S. The Hall–Kier alpha value is -2.58. The van der Waals surface area contributed by atoms with E-state index in [0.717, 1.165) is 16.9 Å². The van der Waals surface area contributed by atoms with Crippen LogP contribution in [0.4, 0.5) is 0 Å². The van der Waals surface area contributed by atoms with Gasteiger partial charge in [-0.1, -0.05) is 35.9 Å². The van der Waals surface area contributed by atoms with E-state index in [0.29, 0.717) is 19.0 Å². The van der Waals surface area contributed by atoms with E-state index in [1.165, 1.54) is 0 Å². The van der Waals surface area contributed by atoms with Crippen molar-refractivity contribution >= 4 is 16.0 Å². The highest BCUT2D eigenvalue weighted by Gasteiger charge is 2.13. The van der Waals surface area contributed by atoms with Gasteiger partial charge in [-0.3, -0.25) is 4.99 Å². The van der Waals surface area contributed by atoms with Gasteiger partial charge in [-0.25, -0.2) is 13.1 Å². The summed E-state index contributed by atoms with van der Waals surface area (Å²) in [5.74, 6) is 1.48. The van der Waals surface area contributed by atoms with Crippen molar-refractivity contribution in [2.45, 2.75) is 18.4 Å². The molecule has 2 aromatic carbocycles. The number of guanidine groups is 1. The van der Waals surface area contributed by atoms with Crippen molar-refractivity contribution < 1.29 is 13.2 Å². The van der Waals surface area contributed by atoms with E-state index in [-0.39, 0.29) is 11.4 Å². The van der Waals surface area contributed by atoms with Crippen molar-refractivity contribution in [2.75, 3.05) is 34.3 Å². The van der Waals surface area contributed by atoms with Gasteiger partial charge in [0.15, 0.2) is 5.96 Å². The third-order valence-electron chi connectivity index (χ3n) is 4.20. The summed E-state index contributed by atoms with van der Waals surface area (Å²) < 4.78 is 32.6. The predicted octanol–water partition coefficient (Wildman–Crippen LogP) is 1.99. The van der Waals surface area contributed by atoms with E-state index in [4.69, 9.17) is 4.74 Å². The molecule has 0 saturated carbocycles. The van der Waals surface area contributed by atoms with E-state index in [9.17, 15) is 8.42 Å². The van der Waals surface area contributed by atoms with Crippen molar-refractivity contribution in [3.8, 4) is 5.75 Å². The Morgan fingerprint density at radius 2 is 1.79 bits per heavy atom. The molecule has 0 aliphatic carbocycles. The van der Waals surface area contributed by atoms with Crippen LogP contribution in [0.15, 0.2) is 58.4 Å². The first-order valence-corrected chi connectivity index (χ1v) is 10.5. The van der Waals surface area contributed by atoms with Gasteiger partial charge in [-0.2, -0.15) is 0 Å². The van der Waals surface area contributed by atoms with Crippen LogP contribution in [0.5, 0.6) is 5.75 Å². The van der Waals surface area contributed by atoms with Gasteiger partial charge in [-0.15, -0.1) is 0 Å². The molecule has 0 amide bonds. The average molecular weight is 405 g/mol. The van der Waals surface area contributed by atoms with Crippen LogP contribution in [0.2, 0.25) is 0 Å². The molecule has 152 valence electrons. The van der Waals surface area contributed by atoms with Crippen LogP contribution in [0.25, 0.3) is 0 Å². The molecule has 0 aliphatic heterocycles. The van der Waals surface area contributed by atoms with Gasteiger partial charge < -0.3 is 15.0 Å². The summed E-state index contributed by atoms with van der Waals surface area (Å²) in [6, 6.07) is 14.6. The molecule has 0 fully saturated rings. The van der Waals surface area contributed by atoms with Crippen LogP contribution in [0, 0.1) is 6.92 Å². The van der Waals surface area contributed by atoms with E-state index in [1.807, 2.05) is 43.1 Å². The fourth-order valence-corrected chi connectivity index (χ4v) is 3.74. The zero-order valence-corrected chi connectivity index (χ0v) is 17.6. The first kappa shape index (κ1) is 21.7. The summed E-state index contributed by atoms with van der Waals surface area (Å²) >= 11 is 0. The smallest absolute Gasteiger partial charge is 0.240 e. The highest BCUT2D eigenvalue weighted by Crippen LogP contribution is 2.18. The van der Waals surface area contributed by atoms with Crippen molar-refractivity contribution in [2.24, 2.45) is 4.99 Å². The molecule has 2 aromatic rings. The van der Waals surface area contributed by atoms with E-state index in [2.05, 4.69) is 15.0 Å². The molecule has 0 heterocycles. The second-order valence-corrected chi connectivity index (χ2v) is 8.12. The molecule has 2 rings (SSSR count). The van der Waals surface area contributed by atoms with Crippen LogP contribution in [0.1, 0.15) is 11.1 Å². The number of hydrogen-bond acceptors (Lipinski definition) is 4. The molecule has 0 bridgehead atoms. The van der Waals surface area contributed by atoms with Crippen molar-refractivity contribution in [3.63, 3.8) is 0 Å². The minimum Gasteiger partial charge on any atom is -0.496 e. The lowest BCUT2D eigenvalue weighted by atomic mass is 10.2. The van der Waals surface area contributed by atoms with Crippen molar-refractivity contribution in [1.29, 1.82) is 0 Å². The number of rotatable bonds is 8. The van der Waals surface area contributed by atoms with Gasteiger partial charge >= 0.3 is 0 Å². The summed E-state index contributed by atoms with van der Waals surface area (Å²) in [6.07, 6.45) is 0. The number of nitrogens with zero attached hydrogens (tertiary/aromatic N) is 2. The second-order valence-electron chi connectivity index (χ2n) is 6.35. The quantitative estimate of drug-likeness (QED) is 0.399. The maximum Gasteiger partial charge on any atom is 0.240 e. The summed E-state index contributed by atoms with van der Waals surface area (Å²) in [7, 11) is 1.73. The third-order valence-corrected chi connectivity index (χ3v) is 5.68. The first-order valence-electron chi connectivity index (χ1n) is 8.97. The van der Waals surface area contributed by atoms with Crippen LogP contribution in [-0.2, 0) is 16.6 Å². The Bertz CT molecular complexity index is 896. The lowest BCUT2D eigenvalue weighted by Gasteiger charge is -2.23. The van der Waals surface area contributed by atoms with Crippen LogP contribution >= 0.6 is 0 Å². The fourth-order valence-electron chi connectivity index (χ4n) is 2.71. The number of para-hydroxylation sites is 1. The summed E-state index contributed by atoms with van der Waals surface area (Å²) in [5, 5.41) is 3.17. The number of aryl methyl sites for hydroxylation is 1. The number of methoxy groups -OCH3 is 1. The van der Waals surface area contributed by atoms with Crippen LogP contribution in [-0.4, -0.2) is 53.6 Å². The monoisotopic (exact) mass is 404 g/mol. The van der Waals surface area contributed by atoms with E-state index >= 15 is 0 Å². The zero-order chi connectivity index (χ0) is 20.6. The van der Waals surface area contributed by atoms with Crippen LogP contribution < -0.4 is 14.8 Å². The molecule has 0 unspecified atom stereocenters. The second kappa shape index (κ2) is 10.1. The topological polar surface area (TPSA) is 83.0 Å². The zero-order valence-electron chi connectivity index (χ0n) is 16.8. The maximum absolute atomic E-state index is 12.3. The number of nitrogens with one attached hydrogen (secondary N) is 2. The first-order chi connectivity index (χ1) is 13.4. The molecule has 0 spiro atoms. The van der Waals surface area contributed by atoms with Gasteiger partial charge in [0, 0.05) is 39.3 Å². The van der Waals surface area contributed by atoms with Gasteiger partial charge in [0.25, 0.3) is 0 Å². The Morgan fingerprint density at radius 1 is 1.11 bits per heavy atom.